The van der Waals surface area contributed by atoms with Crippen molar-refractivity contribution in [1.82, 2.24) is 10.2 Å². The van der Waals surface area contributed by atoms with Gasteiger partial charge in [-0.15, -0.1) is 0 Å². The van der Waals surface area contributed by atoms with Gasteiger partial charge in [0, 0.05) is 13.1 Å². The van der Waals surface area contributed by atoms with Crippen molar-refractivity contribution in [3.8, 4) is 0 Å². The van der Waals surface area contributed by atoms with Crippen LogP contribution >= 0.6 is 11.6 Å². The zero-order chi connectivity index (χ0) is 31.2. The van der Waals surface area contributed by atoms with Gasteiger partial charge in [-0.3, -0.25) is 13.9 Å². The summed E-state index contributed by atoms with van der Waals surface area (Å²) in [4.78, 5) is 28.0. The number of nitrogens with zero attached hydrogens (tertiary/aromatic N) is 2. The Hall–Kier alpha value is -3.57. The molecule has 7 nitrogen and oxygen atoms in total. The zero-order valence-corrected chi connectivity index (χ0v) is 25.2. The lowest BCUT2D eigenvalue weighted by Gasteiger charge is -2.32. The van der Waals surface area contributed by atoms with E-state index in [0.717, 1.165) is 17.7 Å². The molecule has 0 aromatic heterocycles. The van der Waals surface area contributed by atoms with Crippen molar-refractivity contribution >= 4 is 39.1 Å². The molecule has 3 rings (SSSR count). The average Bonchev–Trinajstić information content (AvgIpc) is 2.94. The second-order valence-corrected chi connectivity index (χ2v) is 12.5. The van der Waals surface area contributed by atoms with Gasteiger partial charge < -0.3 is 10.2 Å². The zero-order valence-electron chi connectivity index (χ0n) is 23.7. The summed E-state index contributed by atoms with van der Waals surface area (Å²) in [5.74, 6) is -1.13. The number of amides is 2. The van der Waals surface area contributed by atoms with Crippen molar-refractivity contribution in [3.63, 3.8) is 0 Å². The molecule has 0 fully saturated rings. The summed E-state index contributed by atoms with van der Waals surface area (Å²) in [7, 11) is -4.58. The number of hydrogen-bond donors (Lipinski definition) is 1. The van der Waals surface area contributed by atoms with Gasteiger partial charge in [0.25, 0.3) is 10.0 Å². The molecule has 12 heteroatoms. The van der Waals surface area contributed by atoms with Crippen molar-refractivity contribution in [3.05, 3.63) is 94.5 Å². The molecule has 226 valence electrons. The van der Waals surface area contributed by atoms with Crippen molar-refractivity contribution < 1.29 is 31.2 Å². The van der Waals surface area contributed by atoms with Gasteiger partial charge in [-0.25, -0.2) is 8.42 Å². The molecule has 0 aliphatic rings. The molecule has 0 heterocycles. The number of nitrogens with one attached hydrogen (secondary N) is 1. The number of benzene rings is 3. The van der Waals surface area contributed by atoms with Gasteiger partial charge in [0.05, 0.1) is 21.2 Å². The molecule has 3 aromatic rings. The van der Waals surface area contributed by atoms with Gasteiger partial charge in [0.1, 0.15) is 12.6 Å². The van der Waals surface area contributed by atoms with Crippen LogP contribution in [0, 0.1) is 12.8 Å². The molecule has 1 N–H and O–H groups in total. The van der Waals surface area contributed by atoms with Crippen molar-refractivity contribution in [2.75, 3.05) is 17.4 Å². The quantitative estimate of drug-likeness (QED) is 0.282. The first-order valence-electron chi connectivity index (χ1n) is 13.2. The Balaban J connectivity index is 2.12. The average molecular weight is 624 g/mol. The second-order valence-electron chi connectivity index (χ2n) is 10.3. The number of carbonyl (C=O) groups excluding carboxylic acids is 2. The molecule has 3 aromatic carbocycles. The molecule has 1 atom stereocenters. The summed E-state index contributed by atoms with van der Waals surface area (Å²) in [6.07, 6.45) is -4.80. The number of halogens is 4. The lowest BCUT2D eigenvalue weighted by atomic mass is 10.1. The van der Waals surface area contributed by atoms with Crippen molar-refractivity contribution in [2.45, 2.75) is 51.4 Å². The van der Waals surface area contributed by atoms with E-state index in [1.165, 1.54) is 36.1 Å². The molecule has 2 amide bonds. The van der Waals surface area contributed by atoms with Crippen LogP contribution in [0.4, 0.5) is 18.9 Å². The molecule has 42 heavy (non-hydrogen) atoms. The molecule has 0 aliphatic heterocycles. The third kappa shape index (κ3) is 8.04. The molecule has 0 radical (unpaired) electrons. The van der Waals surface area contributed by atoms with Gasteiger partial charge in [-0.05, 0) is 61.2 Å². The molecule has 0 aliphatic carbocycles. The highest BCUT2D eigenvalue weighted by Crippen LogP contribution is 2.37. The summed E-state index contributed by atoms with van der Waals surface area (Å²) in [6.45, 7) is 6.56. The molecule has 0 bridgehead atoms. The summed E-state index contributed by atoms with van der Waals surface area (Å²) >= 11 is 6.27. The number of aryl methyl sites for hydroxylation is 1. The van der Waals surface area contributed by atoms with E-state index in [1.807, 2.05) is 32.9 Å². The van der Waals surface area contributed by atoms with Crippen LogP contribution in [0.2, 0.25) is 5.02 Å². The summed E-state index contributed by atoms with van der Waals surface area (Å²) in [5, 5.41) is 2.48. The number of hydrogen-bond acceptors (Lipinski definition) is 4. The largest absolute Gasteiger partial charge is 0.416 e. The topological polar surface area (TPSA) is 86.8 Å². The van der Waals surface area contributed by atoms with E-state index in [1.54, 1.807) is 18.2 Å². The van der Waals surface area contributed by atoms with E-state index >= 15 is 0 Å². The van der Waals surface area contributed by atoms with E-state index < -0.39 is 51.9 Å². The lowest BCUT2D eigenvalue weighted by molar-refractivity contribution is -0.139. The first-order valence-corrected chi connectivity index (χ1v) is 15.0. The Kier molecular flexibility index (Phi) is 10.7. The summed E-state index contributed by atoms with van der Waals surface area (Å²) in [6, 6.07) is 15.4. The lowest BCUT2D eigenvalue weighted by Crippen LogP contribution is -2.51. The van der Waals surface area contributed by atoms with E-state index in [2.05, 4.69) is 5.32 Å². The van der Waals surface area contributed by atoms with E-state index in [0.29, 0.717) is 22.5 Å². The normalized spacial score (nSPS) is 12.6. The Morgan fingerprint density at radius 2 is 1.57 bits per heavy atom. The molecule has 1 unspecified atom stereocenters. The standard InChI is InChI=1S/C30H33ClF3N3O4S/c1-20(2)17-35-29(39)22(4)36(18-23-11-9-8-10-21(23)3)28(38)19-37(42(40,41)25-12-6-5-7-13-25)27-16-24(30(32,33)34)14-15-26(27)31/h5-16,20,22H,17-19H2,1-4H3,(H,35,39). The highest BCUT2D eigenvalue weighted by Gasteiger charge is 2.36. The Labute approximate surface area is 249 Å². The van der Waals surface area contributed by atoms with Crippen LogP contribution in [0.25, 0.3) is 0 Å². The van der Waals surface area contributed by atoms with Gasteiger partial charge >= 0.3 is 6.18 Å². The second kappa shape index (κ2) is 13.6. The van der Waals surface area contributed by atoms with Gasteiger partial charge in [-0.1, -0.05) is 67.9 Å². The van der Waals surface area contributed by atoms with Gasteiger partial charge in [0.15, 0.2) is 0 Å². The van der Waals surface area contributed by atoms with Crippen LogP contribution in [-0.4, -0.2) is 44.3 Å². The number of sulfonamides is 1. The monoisotopic (exact) mass is 623 g/mol. The molecule has 0 saturated heterocycles. The minimum absolute atomic E-state index is 0.0443. The molecular formula is C30H33ClF3N3O4S. The Morgan fingerprint density at radius 1 is 0.952 bits per heavy atom. The minimum Gasteiger partial charge on any atom is -0.354 e. The summed E-state index contributed by atoms with van der Waals surface area (Å²) in [5.41, 5.74) is -0.110. The number of carbonyl (C=O) groups is 2. The fraction of sp³-hybridized carbons (Fsp3) is 0.333. The molecule has 0 spiro atoms. The maximum atomic E-state index is 14.0. The van der Waals surface area contributed by atoms with Crippen LogP contribution in [0.3, 0.4) is 0 Å². The SMILES string of the molecule is Cc1ccccc1CN(C(=O)CN(c1cc(C(F)(F)F)ccc1Cl)S(=O)(=O)c1ccccc1)C(C)C(=O)NCC(C)C. The highest BCUT2D eigenvalue weighted by molar-refractivity contribution is 7.92. The fourth-order valence-corrected chi connectivity index (χ4v) is 5.83. The fourth-order valence-electron chi connectivity index (χ4n) is 4.12. The maximum Gasteiger partial charge on any atom is 0.416 e. The maximum absolute atomic E-state index is 14.0. The highest BCUT2D eigenvalue weighted by atomic mass is 35.5. The molecule has 0 saturated carbocycles. The van der Waals surface area contributed by atoms with Crippen LogP contribution in [0.5, 0.6) is 0 Å². The predicted molar refractivity (Wildman–Crippen MR) is 156 cm³/mol. The smallest absolute Gasteiger partial charge is 0.354 e. The van der Waals surface area contributed by atoms with Crippen LogP contribution in [0.15, 0.2) is 77.7 Å². The number of anilines is 1. The van der Waals surface area contributed by atoms with Crippen molar-refractivity contribution in [1.29, 1.82) is 0 Å². The van der Waals surface area contributed by atoms with E-state index in [4.69, 9.17) is 11.6 Å². The third-order valence-corrected chi connectivity index (χ3v) is 8.70. The predicted octanol–water partition coefficient (Wildman–Crippen LogP) is 6.05. The van der Waals surface area contributed by atoms with Crippen LogP contribution < -0.4 is 9.62 Å². The van der Waals surface area contributed by atoms with Crippen molar-refractivity contribution in [2.24, 2.45) is 5.92 Å². The van der Waals surface area contributed by atoms with Crippen LogP contribution in [0.1, 0.15) is 37.5 Å². The number of alkyl halides is 3. The van der Waals surface area contributed by atoms with Gasteiger partial charge in [0.2, 0.25) is 11.8 Å². The molecular weight excluding hydrogens is 591 g/mol. The Bertz CT molecular complexity index is 1520. The minimum atomic E-state index is -4.80. The van der Waals surface area contributed by atoms with E-state index in [-0.39, 0.29) is 22.4 Å². The first kappa shape index (κ1) is 32.9. The van der Waals surface area contributed by atoms with Crippen LogP contribution in [-0.2, 0) is 32.3 Å². The Morgan fingerprint density at radius 3 is 2.17 bits per heavy atom. The third-order valence-electron chi connectivity index (χ3n) is 6.61. The first-order chi connectivity index (χ1) is 19.6. The summed E-state index contributed by atoms with van der Waals surface area (Å²) < 4.78 is 69.2. The number of rotatable bonds is 11. The van der Waals surface area contributed by atoms with Gasteiger partial charge in [-0.2, -0.15) is 13.2 Å². The van der Waals surface area contributed by atoms with E-state index in [9.17, 15) is 31.2 Å².